The Kier molecular flexibility index (Phi) is 5.43. The van der Waals surface area contributed by atoms with Gasteiger partial charge in [0.1, 0.15) is 5.82 Å². The van der Waals surface area contributed by atoms with Gasteiger partial charge in [-0.05, 0) is 38.1 Å². The highest BCUT2D eigenvalue weighted by molar-refractivity contribution is 5.92. The lowest BCUT2D eigenvalue weighted by molar-refractivity contribution is 0.189. The Morgan fingerprint density at radius 3 is 2.93 bits per heavy atom. The number of H-pyrrole nitrogens is 1. The molecule has 0 saturated carbocycles. The summed E-state index contributed by atoms with van der Waals surface area (Å²) in [5.41, 5.74) is 1.03. The van der Waals surface area contributed by atoms with Crippen LogP contribution in [-0.2, 0) is 0 Å². The summed E-state index contributed by atoms with van der Waals surface area (Å²) in [5.74, 6) is 0.537. The fourth-order valence-corrected chi connectivity index (χ4v) is 3.60. The number of carbonyl (C=O) groups excluding carboxylic acids is 1. The van der Waals surface area contributed by atoms with E-state index in [2.05, 4.69) is 30.6 Å². The highest BCUT2D eigenvalue weighted by Gasteiger charge is 2.26. The van der Waals surface area contributed by atoms with Gasteiger partial charge in [0.25, 0.3) is 0 Å². The molecule has 1 saturated heterocycles. The van der Waals surface area contributed by atoms with Gasteiger partial charge in [-0.1, -0.05) is 5.16 Å². The molecule has 2 amide bonds. The average molecular weight is 401 g/mol. The number of benzene rings is 1. The molecule has 1 aromatic carbocycles. The van der Waals surface area contributed by atoms with E-state index >= 15 is 0 Å². The SMILES string of the molecule is CN(C)C(=O)NCCN1CCC(c2nc(-c3c(F)ccc4[nH]ncc34)no2)CC1. The zero-order valence-corrected chi connectivity index (χ0v) is 16.5. The molecule has 1 aliphatic rings. The predicted octanol–water partition coefficient (Wildman–Crippen LogP) is 2.20. The molecular formula is C19H24FN7O2. The van der Waals surface area contributed by atoms with Crippen LogP contribution in [0.3, 0.4) is 0 Å². The molecule has 2 aromatic heterocycles. The third kappa shape index (κ3) is 4.07. The van der Waals surface area contributed by atoms with E-state index < -0.39 is 5.82 Å². The van der Waals surface area contributed by atoms with E-state index in [0.717, 1.165) is 38.0 Å². The summed E-state index contributed by atoms with van der Waals surface area (Å²) in [5, 5.41) is 14.3. The van der Waals surface area contributed by atoms with Crippen molar-refractivity contribution in [3.05, 3.63) is 30.0 Å². The van der Waals surface area contributed by atoms with Crippen molar-refractivity contribution in [1.29, 1.82) is 0 Å². The van der Waals surface area contributed by atoms with E-state index in [0.29, 0.717) is 23.4 Å². The maximum Gasteiger partial charge on any atom is 0.316 e. The number of aromatic nitrogens is 4. The maximum absolute atomic E-state index is 14.4. The van der Waals surface area contributed by atoms with Gasteiger partial charge in [0.05, 0.1) is 17.3 Å². The maximum atomic E-state index is 14.4. The minimum atomic E-state index is -0.402. The number of halogens is 1. The van der Waals surface area contributed by atoms with Crippen LogP contribution in [0.2, 0.25) is 0 Å². The number of hydrogen-bond donors (Lipinski definition) is 2. The first-order chi connectivity index (χ1) is 14.0. The predicted molar refractivity (Wildman–Crippen MR) is 105 cm³/mol. The Morgan fingerprint density at radius 2 is 2.17 bits per heavy atom. The highest BCUT2D eigenvalue weighted by atomic mass is 19.1. The average Bonchev–Trinajstić information content (AvgIpc) is 3.38. The molecule has 3 aromatic rings. The Morgan fingerprint density at radius 1 is 1.38 bits per heavy atom. The topological polar surface area (TPSA) is 103 Å². The minimum Gasteiger partial charge on any atom is -0.339 e. The number of fused-ring (bicyclic) bond motifs is 1. The number of likely N-dealkylation sites (tertiary alicyclic amines) is 1. The molecular weight excluding hydrogens is 377 g/mol. The second-order valence-electron chi connectivity index (χ2n) is 7.45. The van der Waals surface area contributed by atoms with Gasteiger partial charge in [0.15, 0.2) is 0 Å². The lowest BCUT2D eigenvalue weighted by atomic mass is 9.97. The van der Waals surface area contributed by atoms with Gasteiger partial charge in [0, 0.05) is 38.5 Å². The Hall–Kier alpha value is -3.01. The number of nitrogens with one attached hydrogen (secondary N) is 2. The molecule has 29 heavy (non-hydrogen) atoms. The van der Waals surface area contributed by atoms with Crippen LogP contribution in [-0.4, -0.2) is 76.4 Å². The molecule has 0 atom stereocenters. The zero-order valence-electron chi connectivity index (χ0n) is 16.5. The van der Waals surface area contributed by atoms with Crippen molar-refractivity contribution in [3.8, 4) is 11.4 Å². The van der Waals surface area contributed by atoms with Crippen molar-refractivity contribution in [2.45, 2.75) is 18.8 Å². The van der Waals surface area contributed by atoms with Crippen molar-refractivity contribution >= 4 is 16.9 Å². The Balaban J connectivity index is 1.37. The molecule has 0 spiro atoms. The van der Waals surface area contributed by atoms with Crippen LogP contribution < -0.4 is 5.32 Å². The van der Waals surface area contributed by atoms with E-state index in [1.165, 1.54) is 11.0 Å². The zero-order chi connectivity index (χ0) is 20.4. The largest absolute Gasteiger partial charge is 0.339 e. The van der Waals surface area contributed by atoms with Gasteiger partial charge < -0.3 is 19.6 Å². The first kappa shape index (κ1) is 19.3. The number of rotatable bonds is 5. The van der Waals surface area contributed by atoms with Crippen molar-refractivity contribution in [2.75, 3.05) is 40.3 Å². The van der Waals surface area contributed by atoms with Gasteiger partial charge in [-0.25, -0.2) is 9.18 Å². The molecule has 0 bridgehead atoms. The third-order valence-corrected chi connectivity index (χ3v) is 5.29. The Labute approximate surface area is 167 Å². The van der Waals surface area contributed by atoms with Gasteiger partial charge in [-0.15, -0.1) is 0 Å². The lowest BCUT2D eigenvalue weighted by Crippen LogP contribution is -2.42. The third-order valence-electron chi connectivity index (χ3n) is 5.29. The summed E-state index contributed by atoms with van der Waals surface area (Å²) in [7, 11) is 3.44. The second-order valence-corrected chi connectivity index (χ2v) is 7.45. The minimum absolute atomic E-state index is 0.0850. The van der Waals surface area contributed by atoms with Crippen LogP contribution >= 0.6 is 0 Å². The standard InChI is InChI=1S/C19H24FN7O2/c1-26(2)19(28)21-7-10-27-8-5-12(6-9-27)18-23-17(25-29-18)16-13-11-22-24-15(13)4-3-14(16)20/h3-4,11-12H,5-10H2,1-2H3,(H,21,28)(H,22,24). The van der Waals surface area contributed by atoms with Crippen molar-refractivity contribution in [1.82, 2.24) is 35.5 Å². The summed E-state index contributed by atoms with van der Waals surface area (Å²) in [4.78, 5) is 19.9. The van der Waals surface area contributed by atoms with Crippen molar-refractivity contribution in [2.24, 2.45) is 0 Å². The van der Waals surface area contributed by atoms with Crippen molar-refractivity contribution in [3.63, 3.8) is 0 Å². The lowest BCUT2D eigenvalue weighted by Gasteiger charge is -2.30. The molecule has 154 valence electrons. The number of piperidine rings is 1. The molecule has 3 heterocycles. The summed E-state index contributed by atoms with van der Waals surface area (Å²) >= 11 is 0. The highest BCUT2D eigenvalue weighted by Crippen LogP contribution is 2.32. The number of urea groups is 1. The van der Waals surface area contributed by atoms with E-state index in [9.17, 15) is 9.18 Å². The van der Waals surface area contributed by atoms with Crippen molar-refractivity contribution < 1.29 is 13.7 Å². The molecule has 1 fully saturated rings. The van der Waals surface area contributed by atoms with E-state index in [1.807, 2.05) is 0 Å². The smallest absolute Gasteiger partial charge is 0.316 e. The van der Waals surface area contributed by atoms with Gasteiger partial charge in [-0.2, -0.15) is 10.1 Å². The summed E-state index contributed by atoms with van der Waals surface area (Å²) in [6.07, 6.45) is 3.32. The summed E-state index contributed by atoms with van der Waals surface area (Å²) in [6, 6.07) is 2.93. The summed E-state index contributed by atoms with van der Waals surface area (Å²) in [6.45, 7) is 3.17. The molecule has 10 heteroatoms. The number of amides is 2. The van der Waals surface area contributed by atoms with Crippen LogP contribution in [0, 0.1) is 5.82 Å². The van der Waals surface area contributed by atoms with Crippen LogP contribution in [0.1, 0.15) is 24.7 Å². The fourth-order valence-electron chi connectivity index (χ4n) is 3.60. The van der Waals surface area contributed by atoms with Gasteiger partial charge >= 0.3 is 6.03 Å². The quantitative estimate of drug-likeness (QED) is 0.679. The summed E-state index contributed by atoms with van der Waals surface area (Å²) < 4.78 is 19.9. The number of nitrogens with zero attached hydrogens (tertiary/aromatic N) is 5. The monoisotopic (exact) mass is 401 g/mol. The van der Waals surface area contributed by atoms with Gasteiger partial charge in [0.2, 0.25) is 11.7 Å². The molecule has 0 aliphatic carbocycles. The first-order valence-corrected chi connectivity index (χ1v) is 9.66. The Bertz CT molecular complexity index is 992. The van der Waals surface area contributed by atoms with Crippen LogP contribution in [0.25, 0.3) is 22.3 Å². The molecule has 4 rings (SSSR count). The van der Waals surface area contributed by atoms with E-state index in [4.69, 9.17) is 4.52 Å². The number of aromatic amines is 1. The fraction of sp³-hybridized carbons (Fsp3) is 0.474. The molecule has 0 radical (unpaired) electrons. The molecule has 1 aliphatic heterocycles. The molecule has 9 nitrogen and oxygen atoms in total. The van der Waals surface area contributed by atoms with E-state index in [1.54, 1.807) is 26.4 Å². The number of hydrogen-bond acceptors (Lipinski definition) is 6. The van der Waals surface area contributed by atoms with Crippen LogP contribution in [0.5, 0.6) is 0 Å². The number of carbonyl (C=O) groups is 1. The molecule has 2 N–H and O–H groups in total. The normalized spacial score (nSPS) is 15.7. The van der Waals surface area contributed by atoms with E-state index in [-0.39, 0.29) is 17.8 Å². The second kappa shape index (κ2) is 8.16. The first-order valence-electron chi connectivity index (χ1n) is 9.66. The van der Waals surface area contributed by atoms with Crippen LogP contribution in [0.15, 0.2) is 22.9 Å². The molecule has 0 unspecified atom stereocenters. The van der Waals surface area contributed by atoms with Gasteiger partial charge in [-0.3, -0.25) is 5.10 Å². The van der Waals surface area contributed by atoms with Crippen LogP contribution in [0.4, 0.5) is 9.18 Å².